The lowest BCUT2D eigenvalue weighted by molar-refractivity contribution is 0.373. The summed E-state index contributed by atoms with van der Waals surface area (Å²) in [6.45, 7) is 6.08. The molecule has 1 aliphatic carbocycles. The van der Waals surface area contributed by atoms with Gasteiger partial charge >= 0.3 is 0 Å². The molecule has 0 spiro atoms. The molecule has 5 aromatic rings. The summed E-state index contributed by atoms with van der Waals surface area (Å²) >= 11 is 0. The van der Waals surface area contributed by atoms with Crippen molar-refractivity contribution < 1.29 is 0 Å². The molecule has 0 amide bonds. The molecule has 39 heavy (non-hydrogen) atoms. The van der Waals surface area contributed by atoms with Crippen molar-refractivity contribution in [1.29, 1.82) is 0 Å². The molecule has 9 nitrogen and oxygen atoms in total. The van der Waals surface area contributed by atoms with Crippen LogP contribution in [-0.2, 0) is 32.9 Å². The summed E-state index contributed by atoms with van der Waals surface area (Å²) in [6.07, 6.45) is 12.5. The van der Waals surface area contributed by atoms with E-state index in [1.54, 1.807) is 0 Å². The molecule has 0 saturated carbocycles. The highest BCUT2D eigenvalue weighted by Gasteiger charge is 2.27. The highest BCUT2D eigenvalue weighted by Crippen LogP contribution is 2.39. The maximum absolute atomic E-state index is 5.10. The van der Waals surface area contributed by atoms with Crippen molar-refractivity contribution in [3.8, 4) is 33.6 Å². The molecule has 0 atom stereocenters. The Hall–Kier alpha value is -4.11. The van der Waals surface area contributed by atoms with Gasteiger partial charge in [0.2, 0.25) is 0 Å². The summed E-state index contributed by atoms with van der Waals surface area (Å²) in [5, 5.41) is 13.9. The van der Waals surface area contributed by atoms with E-state index in [2.05, 4.69) is 79.7 Å². The summed E-state index contributed by atoms with van der Waals surface area (Å²) in [5.41, 5.74) is 10.0. The summed E-state index contributed by atoms with van der Waals surface area (Å²) in [7, 11) is 6.17. The van der Waals surface area contributed by atoms with Gasteiger partial charge in [-0.25, -0.2) is 9.97 Å². The molecule has 0 aliphatic heterocycles. The largest absolute Gasteiger partial charge is 0.308 e. The Morgan fingerprint density at radius 1 is 0.923 bits per heavy atom. The molecule has 0 saturated heterocycles. The van der Waals surface area contributed by atoms with Crippen molar-refractivity contribution in [2.75, 3.05) is 20.6 Å². The molecule has 0 bridgehead atoms. The fourth-order valence-corrected chi connectivity index (χ4v) is 5.21. The Morgan fingerprint density at radius 2 is 1.72 bits per heavy atom. The summed E-state index contributed by atoms with van der Waals surface area (Å²) in [5.74, 6) is 0.807. The van der Waals surface area contributed by atoms with Gasteiger partial charge in [0, 0.05) is 61.3 Å². The predicted molar refractivity (Wildman–Crippen MR) is 152 cm³/mol. The van der Waals surface area contributed by atoms with Crippen molar-refractivity contribution in [3.63, 3.8) is 0 Å². The van der Waals surface area contributed by atoms with Crippen molar-refractivity contribution in [3.05, 3.63) is 77.9 Å². The lowest BCUT2D eigenvalue weighted by atomic mass is 9.91. The Labute approximate surface area is 229 Å². The summed E-state index contributed by atoms with van der Waals surface area (Å²) < 4.78 is 5.98. The number of likely N-dealkylation sites (N-methyl/N-ethyl adjacent to an activating group) is 1. The van der Waals surface area contributed by atoms with Gasteiger partial charge < -0.3 is 4.90 Å². The van der Waals surface area contributed by atoms with Gasteiger partial charge in [-0.15, -0.1) is 0 Å². The van der Waals surface area contributed by atoms with Gasteiger partial charge in [0.05, 0.1) is 36.0 Å². The molecule has 4 aromatic heterocycles. The number of nitrogens with zero attached hydrogens (tertiary/aromatic N) is 9. The molecule has 9 heteroatoms. The third-order valence-electron chi connectivity index (χ3n) is 7.35. The second kappa shape index (κ2) is 10.2. The maximum atomic E-state index is 5.10. The van der Waals surface area contributed by atoms with Gasteiger partial charge in [-0.2, -0.15) is 15.3 Å². The zero-order valence-corrected chi connectivity index (χ0v) is 23.3. The van der Waals surface area contributed by atoms with E-state index in [1.807, 2.05) is 39.7 Å². The minimum absolute atomic E-state index is 0.338. The second-order valence-electron chi connectivity index (χ2n) is 10.9. The normalized spacial score (nSPS) is 12.8. The topological polar surface area (TPSA) is 82.5 Å². The van der Waals surface area contributed by atoms with Gasteiger partial charge in [-0.05, 0) is 57.5 Å². The molecule has 0 radical (unpaired) electrons. The van der Waals surface area contributed by atoms with E-state index in [0.29, 0.717) is 12.5 Å². The summed E-state index contributed by atoms with van der Waals surface area (Å²) in [4.78, 5) is 12.0. The maximum Gasteiger partial charge on any atom is 0.133 e. The lowest BCUT2D eigenvalue weighted by Crippen LogP contribution is -2.18. The van der Waals surface area contributed by atoms with Crippen molar-refractivity contribution in [2.24, 2.45) is 7.05 Å². The minimum Gasteiger partial charge on any atom is -0.308 e. The number of aryl methyl sites for hydroxylation is 3. The van der Waals surface area contributed by atoms with Gasteiger partial charge in [0.25, 0.3) is 0 Å². The molecule has 1 aliphatic rings. The van der Waals surface area contributed by atoms with Crippen molar-refractivity contribution in [2.45, 2.75) is 45.7 Å². The van der Waals surface area contributed by atoms with E-state index in [0.717, 1.165) is 76.7 Å². The first kappa shape index (κ1) is 25.2. The van der Waals surface area contributed by atoms with E-state index in [9.17, 15) is 0 Å². The Morgan fingerprint density at radius 3 is 2.46 bits per heavy atom. The highest BCUT2D eigenvalue weighted by atomic mass is 15.3. The monoisotopic (exact) mass is 521 g/mol. The van der Waals surface area contributed by atoms with E-state index in [-0.39, 0.29) is 0 Å². The number of aromatic nitrogens is 8. The zero-order valence-electron chi connectivity index (χ0n) is 23.3. The molecular weight excluding hydrogens is 486 g/mol. The number of hydrogen-bond acceptors (Lipinski definition) is 6. The van der Waals surface area contributed by atoms with Crippen LogP contribution in [0.15, 0.2) is 55.2 Å². The van der Waals surface area contributed by atoms with Crippen LogP contribution in [-0.4, -0.2) is 64.8 Å². The fourth-order valence-electron chi connectivity index (χ4n) is 5.21. The van der Waals surface area contributed by atoms with E-state index < -0.39 is 0 Å². The zero-order chi connectivity index (χ0) is 27.1. The second-order valence-corrected chi connectivity index (χ2v) is 10.9. The SMILES string of the molecule is CC(C)n1cc(-c2ccc(-c3c4c(nn3C)CCc3cnc(Cc5cnn(CCN(C)C)c5)nc3-4)cc2)cn1. The average molecular weight is 522 g/mol. The van der Waals surface area contributed by atoms with Crippen LogP contribution in [0.4, 0.5) is 0 Å². The van der Waals surface area contributed by atoms with Crippen LogP contribution in [0.25, 0.3) is 33.6 Å². The lowest BCUT2D eigenvalue weighted by Gasteiger charge is -2.16. The molecule has 1 aromatic carbocycles. The van der Waals surface area contributed by atoms with Crippen LogP contribution < -0.4 is 0 Å². The standard InChI is InChI=1S/C30H35N9/c1-20(2)39-19-25(17-33-39)22-6-8-23(9-7-22)30-28-26(35-37(30)5)11-10-24-16-31-27(34-29(24)28)14-21-15-32-38(18-21)13-12-36(3)4/h6-9,15-20H,10-14H2,1-5H3. The molecule has 0 fully saturated rings. The van der Waals surface area contributed by atoms with Crippen molar-refractivity contribution >= 4 is 0 Å². The van der Waals surface area contributed by atoms with E-state index in [4.69, 9.17) is 15.1 Å². The number of rotatable bonds is 8. The third-order valence-corrected chi connectivity index (χ3v) is 7.35. The minimum atomic E-state index is 0.338. The third kappa shape index (κ3) is 5.02. The number of fused-ring (bicyclic) bond motifs is 3. The molecule has 0 unspecified atom stereocenters. The Balaban J connectivity index is 1.30. The number of benzene rings is 1. The average Bonchev–Trinajstić information content (AvgIpc) is 3.66. The number of hydrogen-bond donors (Lipinski definition) is 0. The van der Waals surface area contributed by atoms with Gasteiger partial charge in [-0.3, -0.25) is 14.0 Å². The first-order valence-electron chi connectivity index (χ1n) is 13.6. The van der Waals surface area contributed by atoms with Gasteiger partial charge in [0.1, 0.15) is 5.82 Å². The summed E-state index contributed by atoms with van der Waals surface area (Å²) in [6, 6.07) is 9.03. The molecule has 4 heterocycles. The van der Waals surface area contributed by atoms with Gasteiger partial charge in [-0.1, -0.05) is 24.3 Å². The van der Waals surface area contributed by atoms with Crippen LogP contribution in [0.2, 0.25) is 0 Å². The Kier molecular flexibility index (Phi) is 6.60. The van der Waals surface area contributed by atoms with Crippen LogP contribution in [0.3, 0.4) is 0 Å². The van der Waals surface area contributed by atoms with E-state index >= 15 is 0 Å². The Bertz CT molecular complexity index is 1600. The molecule has 200 valence electrons. The molecule has 0 N–H and O–H groups in total. The van der Waals surface area contributed by atoms with Crippen LogP contribution in [0.1, 0.15) is 42.5 Å². The van der Waals surface area contributed by atoms with Crippen molar-refractivity contribution in [1.82, 2.24) is 44.2 Å². The first-order chi connectivity index (χ1) is 18.9. The first-order valence-corrected chi connectivity index (χ1v) is 13.6. The highest BCUT2D eigenvalue weighted by molar-refractivity contribution is 5.84. The van der Waals surface area contributed by atoms with Gasteiger partial charge in [0.15, 0.2) is 0 Å². The quantitative estimate of drug-likeness (QED) is 0.300. The molecule has 6 rings (SSSR count). The van der Waals surface area contributed by atoms with Crippen LogP contribution >= 0.6 is 0 Å². The predicted octanol–water partition coefficient (Wildman–Crippen LogP) is 4.44. The molecular formula is C30H35N9. The smallest absolute Gasteiger partial charge is 0.133 e. The fraction of sp³-hybridized carbons (Fsp3) is 0.367. The van der Waals surface area contributed by atoms with Crippen LogP contribution in [0.5, 0.6) is 0 Å². The van der Waals surface area contributed by atoms with E-state index in [1.165, 1.54) is 5.56 Å². The van der Waals surface area contributed by atoms with Crippen LogP contribution in [0, 0.1) is 0 Å².